The maximum absolute atomic E-state index is 13.2. The van der Waals surface area contributed by atoms with Gasteiger partial charge >= 0.3 is 5.97 Å². The van der Waals surface area contributed by atoms with Crippen molar-refractivity contribution < 1.29 is 13.9 Å². The van der Waals surface area contributed by atoms with Gasteiger partial charge in [-0.1, -0.05) is 22.8 Å². The number of esters is 1. The molecule has 94 valence electrons. The summed E-state index contributed by atoms with van der Waals surface area (Å²) in [6, 6.07) is 3.94. The lowest BCUT2D eigenvalue weighted by Gasteiger charge is -2.02. The van der Waals surface area contributed by atoms with Gasteiger partial charge in [0.15, 0.2) is 0 Å². The third-order valence-corrected chi connectivity index (χ3v) is 2.19. The summed E-state index contributed by atoms with van der Waals surface area (Å²) in [5.74, 6) is -1.40. The fraction of sp³-hybridized carbons (Fsp3) is 0.182. The number of nitrogens with zero attached hydrogens (tertiary/aromatic N) is 3. The van der Waals surface area contributed by atoms with Crippen molar-refractivity contribution in [1.82, 2.24) is 0 Å². The summed E-state index contributed by atoms with van der Waals surface area (Å²) < 4.78 is 17.9. The van der Waals surface area contributed by atoms with Crippen molar-refractivity contribution in [3.8, 4) is 0 Å². The first kappa shape index (κ1) is 14.0. The Bertz CT molecular complexity index is 539. The molecule has 0 radical (unpaired) electrons. The highest BCUT2D eigenvalue weighted by molar-refractivity contribution is 6.30. The van der Waals surface area contributed by atoms with E-state index in [1.54, 1.807) is 6.92 Å². The van der Waals surface area contributed by atoms with Gasteiger partial charge in [0, 0.05) is 4.91 Å². The van der Waals surface area contributed by atoms with Gasteiger partial charge in [-0.3, -0.25) is 0 Å². The van der Waals surface area contributed by atoms with E-state index in [0.717, 1.165) is 6.07 Å². The van der Waals surface area contributed by atoms with Crippen LogP contribution in [0.25, 0.3) is 16.5 Å². The molecule has 0 aliphatic heterocycles. The van der Waals surface area contributed by atoms with Crippen LogP contribution < -0.4 is 0 Å². The molecule has 1 aromatic carbocycles. The van der Waals surface area contributed by atoms with Crippen molar-refractivity contribution >= 4 is 23.6 Å². The second-order valence-corrected chi connectivity index (χ2v) is 3.52. The zero-order chi connectivity index (χ0) is 13.5. The van der Waals surface area contributed by atoms with E-state index >= 15 is 0 Å². The number of azide groups is 1. The van der Waals surface area contributed by atoms with Crippen molar-refractivity contribution in [2.24, 2.45) is 5.11 Å². The summed E-state index contributed by atoms with van der Waals surface area (Å²) in [5.41, 5.74) is 8.44. The lowest BCUT2D eigenvalue weighted by atomic mass is 10.2. The van der Waals surface area contributed by atoms with Gasteiger partial charge in [0.1, 0.15) is 11.5 Å². The smallest absolute Gasteiger partial charge is 0.340 e. The molecule has 0 aliphatic rings. The Morgan fingerprint density at radius 3 is 2.94 bits per heavy atom. The zero-order valence-corrected chi connectivity index (χ0v) is 10.2. The lowest BCUT2D eigenvalue weighted by Crippen LogP contribution is -2.05. The quantitative estimate of drug-likeness (QED) is 0.275. The number of carbonyl (C=O) groups excluding carboxylic acids is 1. The Labute approximate surface area is 107 Å². The first-order valence-corrected chi connectivity index (χ1v) is 5.35. The van der Waals surface area contributed by atoms with Gasteiger partial charge in [-0.05, 0) is 36.2 Å². The third kappa shape index (κ3) is 3.76. The predicted molar refractivity (Wildman–Crippen MR) is 65.2 cm³/mol. The summed E-state index contributed by atoms with van der Waals surface area (Å²) in [5, 5.41) is 3.17. The molecule has 5 nitrogen and oxygen atoms in total. The average Bonchev–Trinajstić information content (AvgIpc) is 2.33. The van der Waals surface area contributed by atoms with Gasteiger partial charge < -0.3 is 4.74 Å². The van der Waals surface area contributed by atoms with Crippen molar-refractivity contribution in [1.29, 1.82) is 0 Å². The molecule has 0 fully saturated rings. The van der Waals surface area contributed by atoms with E-state index in [4.69, 9.17) is 21.9 Å². The Morgan fingerprint density at radius 2 is 2.39 bits per heavy atom. The highest BCUT2D eigenvalue weighted by Gasteiger charge is 2.09. The molecule has 1 rings (SSSR count). The molecule has 0 saturated heterocycles. The maximum Gasteiger partial charge on any atom is 0.340 e. The normalized spacial score (nSPS) is 10.7. The molecule has 0 unspecified atom stereocenters. The molecule has 0 aliphatic carbocycles. The van der Waals surface area contributed by atoms with Crippen LogP contribution >= 0.6 is 11.6 Å². The van der Waals surface area contributed by atoms with Gasteiger partial charge in [0.2, 0.25) is 0 Å². The number of halogens is 2. The van der Waals surface area contributed by atoms with Gasteiger partial charge in [0.05, 0.1) is 11.6 Å². The van der Waals surface area contributed by atoms with Crippen LogP contribution in [0.1, 0.15) is 12.5 Å². The molecular weight excluding hydrogens is 261 g/mol. The fourth-order valence-electron chi connectivity index (χ4n) is 1.14. The number of ether oxygens (including phenoxy) is 1. The second kappa shape index (κ2) is 6.64. The molecule has 0 spiro atoms. The molecule has 0 heterocycles. The van der Waals surface area contributed by atoms with E-state index in [9.17, 15) is 9.18 Å². The van der Waals surface area contributed by atoms with Crippen LogP contribution in [0.4, 0.5) is 4.39 Å². The summed E-state index contributed by atoms with van der Waals surface area (Å²) in [6.07, 6.45) is 1.22. The molecule has 0 atom stereocenters. The van der Waals surface area contributed by atoms with Crippen LogP contribution in [0.5, 0.6) is 0 Å². The molecular formula is C11H9ClFN3O2. The van der Waals surface area contributed by atoms with Crippen LogP contribution in [-0.4, -0.2) is 12.6 Å². The molecule has 0 saturated carbocycles. The Balaban J connectivity index is 3.11. The Hall–Kier alpha value is -2.04. The second-order valence-electron chi connectivity index (χ2n) is 3.11. The van der Waals surface area contributed by atoms with Crippen LogP contribution in [0.2, 0.25) is 5.02 Å². The minimum atomic E-state index is -0.773. The van der Waals surface area contributed by atoms with Crippen molar-refractivity contribution in [2.75, 3.05) is 6.61 Å². The first-order chi connectivity index (χ1) is 8.58. The van der Waals surface area contributed by atoms with E-state index < -0.39 is 11.8 Å². The van der Waals surface area contributed by atoms with Gasteiger partial charge in [0.25, 0.3) is 0 Å². The molecule has 7 heteroatoms. The zero-order valence-electron chi connectivity index (χ0n) is 9.43. The van der Waals surface area contributed by atoms with Gasteiger partial charge in [-0.25, -0.2) is 9.18 Å². The molecule has 0 N–H and O–H groups in total. The Morgan fingerprint density at radius 1 is 1.67 bits per heavy atom. The highest BCUT2D eigenvalue weighted by atomic mass is 35.5. The lowest BCUT2D eigenvalue weighted by molar-refractivity contribution is -0.138. The van der Waals surface area contributed by atoms with E-state index in [-0.39, 0.29) is 17.3 Å². The molecule has 0 aromatic heterocycles. The largest absolute Gasteiger partial charge is 0.462 e. The summed E-state index contributed by atoms with van der Waals surface area (Å²) in [6.45, 7) is 1.76. The number of hydrogen-bond donors (Lipinski definition) is 0. The van der Waals surface area contributed by atoms with Crippen molar-refractivity contribution in [3.63, 3.8) is 0 Å². The SMILES string of the molecule is CCOC(=O)/C(=C/c1ccc(Cl)c(F)c1)N=[N+]=[N-]. The van der Waals surface area contributed by atoms with E-state index in [1.165, 1.54) is 18.2 Å². The fourth-order valence-corrected chi connectivity index (χ4v) is 1.26. The average molecular weight is 270 g/mol. The van der Waals surface area contributed by atoms with Crippen molar-refractivity contribution in [3.05, 3.63) is 50.7 Å². The van der Waals surface area contributed by atoms with Crippen molar-refractivity contribution in [2.45, 2.75) is 6.92 Å². The number of rotatable bonds is 4. The first-order valence-electron chi connectivity index (χ1n) is 4.97. The van der Waals surface area contributed by atoms with Crippen LogP contribution in [-0.2, 0) is 9.53 Å². The number of benzene rings is 1. The summed E-state index contributed by atoms with van der Waals surface area (Å²) in [7, 11) is 0. The third-order valence-electron chi connectivity index (χ3n) is 1.88. The molecule has 1 aromatic rings. The topological polar surface area (TPSA) is 75.1 Å². The standard InChI is InChI=1S/C11H9ClFN3O2/c1-2-18-11(17)10(15-16-14)6-7-3-4-8(12)9(13)5-7/h3-6H,2H2,1H3/b10-6-. The number of carbonyl (C=O) groups is 1. The highest BCUT2D eigenvalue weighted by Crippen LogP contribution is 2.18. The van der Waals surface area contributed by atoms with E-state index in [0.29, 0.717) is 5.56 Å². The molecule has 18 heavy (non-hydrogen) atoms. The maximum atomic E-state index is 13.2. The Kier molecular flexibility index (Phi) is 5.17. The van der Waals surface area contributed by atoms with Crippen LogP contribution in [0, 0.1) is 5.82 Å². The van der Waals surface area contributed by atoms with E-state index in [2.05, 4.69) is 10.0 Å². The molecule has 0 bridgehead atoms. The minimum absolute atomic E-state index is 0.0337. The summed E-state index contributed by atoms with van der Waals surface area (Å²) >= 11 is 5.52. The van der Waals surface area contributed by atoms with Gasteiger partial charge in [-0.2, -0.15) is 0 Å². The minimum Gasteiger partial charge on any atom is -0.462 e. The van der Waals surface area contributed by atoms with Crippen LogP contribution in [0.15, 0.2) is 29.0 Å². The number of hydrogen-bond acceptors (Lipinski definition) is 3. The van der Waals surface area contributed by atoms with E-state index in [1.807, 2.05) is 0 Å². The summed E-state index contributed by atoms with van der Waals surface area (Å²) in [4.78, 5) is 13.9. The molecule has 0 amide bonds. The predicted octanol–water partition coefficient (Wildman–Crippen LogP) is 3.69. The van der Waals surface area contributed by atoms with Gasteiger partial charge in [-0.15, -0.1) is 0 Å². The van der Waals surface area contributed by atoms with Crippen LogP contribution in [0.3, 0.4) is 0 Å². The monoisotopic (exact) mass is 269 g/mol.